The van der Waals surface area contributed by atoms with E-state index in [0.29, 0.717) is 12.5 Å². The lowest BCUT2D eigenvalue weighted by atomic mass is 10.0. The van der Waals surface area contributed by atoms with Gasteiger partial charge in [0.2, 0.25) is 0 Å². The van der Waals surface area contributed by atoms with Crippen molar-refractivity contribution in [2.45, 2.75) is 58.0 Å². The van der Waals surface area contributed by atoms with Crippen LogP contribution in [-0.2, 0) is 4.79 Å². The van der Waals surface area contributed by atoms with E-state index >= 15 is 0 Å². The van der Waals surface area contributed by atoms with E-state index in [1.807, 2.05) is 6.92 Å². The molecule has 0 aliphatic carbocycles. The van der Waals surface area contributed by atoms with Crippen molar-refractivity contribution < 1.29 is 9.90 Å². The van der Waals surface area contributed by atoms with Gasteiger partial charge in [0.25, 0.3) is 0 Å². The highest BCUT2D eigenvalue weighted by atomic mass is 16.4. The molecule has 4 nitrogen and oxygen atoms in total. The Labute approximate surface area is 104 Å². The van der Waals surface area contributed by atoms with Crippen molar-refractivity contribution >= 4 is 5.97 Å². The minimum atomic E-state index is -0.721. The number of carboxylic acids is 1. The minimum absolute atomic E-state index is 0.373. The molecule has 0 aromatic heterocycles. The van der Waals surface area contributed by atoms with E-state index in [4.69, 9.17) is 5.11 Å². The predicted octanol–water partition coefficient (Wildman–Crippen LogP) is 1.70. The van der Waals surface area contributed by atoms with E-state index < -0.39 is 5.97 Å². The summed E-state index contributed by atoms with van der Waals surface area (Å²) in [6, 6.07) is 0.0103. The first kappa shape index (κ1) is 14.5. The van der Waals surface area contributed by atoms with Gasteiger partial charge in [-0.25, -0.2) is 0 Å². The molecule has 0 amide bonds. The van der Waals surface area contributed by atoms with E-state index in [9.17, 15) is 4.79 Å². The Morgan fingerprint density at radius 3 is 2.53 bits per heavy atom. The number of carboxylic acid groups (broad SMARTS) is 1. The summed E-state index contributed by atoms with van der Waals surface area (Å²) in [5.74, 6) is -0.721. The molecular weight excluding hydrogens is 216 g/mol. The number of unbranched alkanes of at least 4 members (excludes halogenated alkanes) is 1. The van der Waals surface area contributed by atoms with Gasteiger partial charge in [-0.1, -0.05) is 20.3 Å². The van der Waals surface area contributed by atoms with E-state index in [1.54, 1.807) is 0 Å². The van der Waals surface area contributed by atoms with Gasteiger partial charge in [0.05, 0.1) is 0 Å². The second-order valence-corrected chi connectivity index (χ2v) is 4.94. The van der Waals surface area contributed by atoms with Crippen molar-refractivity contribution in [3.05, 3.63) is 0 Å². The number of nitrogens with zero attached hydrogens (tertiary/aromatic N) is 1. The maximum atomic E-state index is 10.9. The van der Waals surface area contributed by atoms with Gasteiger partial charge in [-0.2, -0.15) is 0 Å². The molecule has 4 heteroatoms. The molecule has 0 bridgehead atoms. The standard InChI is InChI=1S/C13H26N2O2/c1-3-5-8-15-9-6-11(7-10-15)14-12(4-2)13(16)17/h11-12,14H,3-10H2,1-2H3,(H,16,17). The molecule has 0 spiro atoms. The third-order valence-corrected chi connectivity index (χ3v) is 3.56. The maximum Gasteiger partial charge on any atom is 0.320 e. The fourth-order valence-electron chi connectivity index (χ4n) is 2.35. The Hall–Kier alpha value is -0.610. The van der Waals surface area contributed by atoms with Crippen LogP contribution < -0.4 is 5.32 Å². The van der Waals surface area contributed by atoms with Crippen LogP contribution in [0.15, 0.2) is 0 Å². The van der Waals surface area contributed by atoms with E-state index in [-0.39, 0.29) is 6.04 Å². The lowest BCUT2D eigenvalue weighted by Crippen LogP contribution is -2.48. The van der Waals surface area contributed by atoms with Gasteiger partial charge in [0.1, 0.15) is 6.04 Å². The highest BCUT2D eigenvalue weighted by Gasteiger charge is 2.23. The van der Waals surface area contributed by atoms with Crippen LogP contribution in [0.3, 0.4) is 0 Å². The van der Waals surface area contributed by atoms with Crippen LogP contribution in [0.2, 0.25) is 0 Å². The molecule has 1 heterocycles. The summed E-state index contributed by atoms with van der Waals surface area (Å²) >= 11 is 0. The summed E-state index contributed by atoms with van der Waals surface area (Å²) < 4.78 is 0. The number of carbonyl (C=O) groups is 1. The molecule has 0 aromatic rings. The lowest BCUT2D eigenvalue weighted by molar-refractivity contribution is -0.139. The first-order valence-corrected chi connectivity index (χ1v) is 6.88. The van der Waals surface area contributed by atoms with Crippen LogP contribution in [-0.4, -0.2) is 47.7 Å². The van der Waals surface area contributed by atoms with Gasteiger partial charge in [-0.05, 0) is 45.3 Å². The van der Waals surface area contributed by atoms with Crippen LogP contribution in [0.25, 0.3) is 0 Å². The second-order valence-electron chi connectivity index (χ2n) is 4.94. The van der Waals surface area contributed by atoms with E-state index in [2.05, 4.69) is 17.1 Å². The van der Waals surface area contributed by atoms with Crippen LogP contribution in [0.5, 0.6) is 0 Å². The molecule has 1 rings (SSSR count). The highest BCUT2D eigenvalue weighted by Crippen LogP contribution is 2.12. The molecule has 17 heavy (non-hydrogen) atoms. The summed E-state index contributed by atoms with van der Waals surface area (Å²) in [6.45, 7) is 7.54. The van der Waals surface area contributed by atoms with Crippen LogP contribution in [0, 0.1) is 0 Å². The number of rotatable bonds is 7. The zero-order chi connectivity index (χ0) is 12.7. The van der Waals surface area contributed by atoms with Gasteiger partial charge in [-0.15, -0.1) is 0 Å². The molecule has 1 aliphatic rings. The monoisotopic (exact) mass is 242 g/mol. The molecule has 1 atom stereocenters. The number of hydrogen-bond acceptors (Lipinski definition) is 3. The molecule has 1 aliphatic heterocycles. The van der Waals surface area contributed by atoms with Crippen molar-refractivity contribution in [1.29, 1.82) is 0 Å². The average Bonchev–Trinajstić information content (AvgIpc) is 2.34. The Morgan fingerprint density at radius 2 is 2.06 bits per heavy atom. The summed E-state index contributed by atoms with van der Waals surface area (Å²) in [5.41, 5.74) is 0. The topological polar surface area (TPSA) is 52.6 Å². The Balaban J connectivity index is 2.24. The molecule has 1 saturated heterocycles. The van der Waals surface area contributed by atoms with Crippen molar-refractivity contribution in [2.24, 2.45) is 0 Å². The smallest absolute Gasteiger partial charge is 0.320 e. The van der Waals surface area contributed by atoms with Gasteiger partial charge in [0, 0.05) is 6.04 Å². The largest absolute Gasteiger partial charge is 0.480 e. The quantitative estimate of drug-likeness (QED) is 0.713. The number of aliphatic carboxylic acids is 1. The Bertz CT molecular complexity index is 225. The van der Waals surface area contributed by atoms with Gasteiger partial charge >= 0.3 is 5.97 Å². The van der Waals surface area contributed by atoms with Gasteiger partial charge in [0.15, 0.2) is 0 Å². The van der Waals surface area contributed by atoms with Crippen LogP contribution in [0.4, 0.5) is 0 Å². The summed E-state index contributed by atoms with van der Waals surface area (Å²) in [7, 11) is 0. The molecule has 0 aromatic carbocycles. The van der Waals surface area contributed by atoms with Gasteiger partial charge < -0.3 is 15.3 Å². The molecular formula is C13H26N2O2. The van der Waals surface area contributed by atoms with Gasteiger partial charge in [-0.3, -0.25) is 4.79 Å². The SMILES string of the molecule is CCCCN1CCC(NC(CC)C(=O)O)CC1. The Morgan fingerprint density at radius 1 is 1.41 bits per heavy atom. The van der Waals surface area contributed by atoms with Crippen molar-refractivity contribution in [3.8, 4) is 0 Å². The van der Waals surface area contributed by atoms with Crippen LogP contribution in [0.1, 0.15) is 46.0 Å². The molecule has 1 unspecified atom stereocenters. The zero-order valence-corrected chi connectivity index (χ0v) is 11.1. The minimum Gasteiger partial charge on any atom is -0.480 e. The van der Waals surface area contributed by atoms with Crippen molar-refractivity contribution in [2.75, 3.05) is 19.6 Å². The number of nitrogens with one attached hydrogen (secondary N) is 1. The molecule has 1 fully saturated rings. The fraction of sp³-hybridized carbons (Fsp3) is 0.923. The number of likely N-dealkylation sites (tertiary alicyclic amines) is 1. The third kappa shape index (κ3) is 5.04. The zero-order valence-electron chi connectivity index (χ0n) is 11.1. The summed E-state index contributed by atoms with van der Waals surface area (Å²) in [6.07, 6.45) is 5.33. The third-order valence-electron chi connectivity index (χ3n) is 3.56. The van der Waals surface area contributed by atoms with Crippen molar-refractivity contribution in [1.82, 2.24) is 10.2 Å². The normalized spacial score (nSPS) is 20.4. The summed E-state index contributed by atoms with van der Waals surface area (Å²) in [5, 5.41) is 12.3. The Kier molecular flexibility index (Phi) is 6.52. The molecule has 0 saturated carbocycles. The van der Waals surface area contributed by atoms with Crippen molar-refractivity contribution in [3.63, 3.8) is 0 Å². The first-order valence-electron chi connectivity index (χ1n) is 6.88. The highest BCUT2D eigenvalue weighted by molar-refractivity contribution is 5.73. The molecule has 100 valence electrons. The predicted molar refractivity (Wildman–Crippen MR) is 69.2 cm³/mol. The maximum absolute atomic E-state index is 10.9. The van der Waals surface area contributed by atoms with E-state index in [1.165, 1.54) is 19.4 Å². The second kappa shape index (κ2) is 7.67. The van der Waals surface area contributed by atoms with E-state index in [0.717, 1.165) is 25.9 Å². The number of hydrogen-bond donors (Lipinski definition) is 2. The molecule has 0 radical (unpaired) electrons. The summed E-state index contributed by atoms with van der Waals surface area (Å²) in [4.78, 5) is 13.4. The first-order chi connectivity index (χ1) is 8.17. The lowest BCUT2D eigenvalue weighted by Gasteiger charge is -2.33. The van der Waals surface area contributed by atoms with Crippen LogP contribution >= 0.6 is 0 Å². The number of piperidine rings is 1. The molecule has 2 N–H and O–H groups in total. The average molecular weight is 242 g/mol. The fourth-order valence-corrected chi connectivity index (χ4v) is 2.35.